The van der Waals surface area contributed by atoms with Crippen molar-refractivity contribution in [2.75, 3.05) is 30.0 Å². The topological polar surface area (TPSA) is 97.5 Å². The predicted octanol–water partition coefficient (Wildman–Crippen LogP) is 3.21. The minimum Gasteiger partial charge on any atom is -0.496 e. The van der Waals surface area contributed by atoms with Crippen molar-refractivity contribution in [3.8, 4) is 17.0 Å². The van der Waals surface area contributed by atoms with E-state index in [9.17, 15) is 13.6 Å². The Morgan fingerprint density at radius 3 is 2.71 bits per heavy atom. The number of carbonyl (C=O) groups excluding carboxylic acids is 1. The first-order valence-corrected chi connectivity index (χ1v) is 11.6. The predicted molar refractivity (Wildman–Crippen MR) is 126 cm³/mol. The Hall–Kier alpha value is -3.66. The third-order valence-electron chi connectivity index (χ3n) is 6.85. The van der Waals surface area contributed by atoms with Crippen LogP contribution in [-0.2, 0) is 6.54 Å². The maximum absolute atomic E-state index is 14.9. The summed E-state index contributed by atoms with van der Waals surface area (Å²) in [5.74, 6) is 0.698. The molecule has 1 saturated carbocycles. The molecule has 2 atom stereocenters. The van der Waals surface area contributed by atoms with Crippen LogP contribution < -0.4 is 20.3 Å². The van der Waals surface area contributed by atoms with Crippen LogP contribution >= 0.6 is 0 Å². The average molecular weight is 479 g/mol. The Morgan fingerprint density at radius 1 is 1.17 bits per heavy atom. The minimum atomic E-state index is -1.16. The maximum Gasteiger partial charge on any atom is 0.260 e. The number of pyridine rings is 1. The zero-order chi connectivity index (χ0) is 24.3. The molecule has 0 bridgehead atoms. The van der Waals surface area contributed by atoms with Gasteiger partial charge in [-0.1, -0.05) is 6.07 Å². The number of anilines is 2. The van der Waals surface area contributed by atoms with Gasteiger partial charge in [0.2, 0.25) is 5.95 Å². The fourth-order valence-electron chi connectivity index (χ4n) is 4.79. The Kier molecular flexibility index (Phi) is 5.14. The average Bonchev–Trinajstić information content (AvgIpc) is 3.59. The smallest absolute Gasteiger partial charge is 0.260 e. The van der Waals surface area contributed by atoms with Gasteiger partial charge in [0, 0.05) is 35.9 Å². The van der Waals surface area contributed by atoms with Crippen LogP contribution in [0.15, 0.2) is 36.5 Å². The molecule has 0 unspecified atom stereocenters. The van der Waals surface area contributed by atoms with Gasteiger partial charge < -0.3 is 15.4 Å². The highest BCUT2D eigenvalue weighted by Gasteiger charge is 2.37. The van der Waals surface area contributed by atoms with Crippen LogP contribution in [0.25, 0.3) is 11.3 Å². The number of amides is 1. The number of methoxy groups -OCH3 is 1. The van der Waals surface area contributed by atoms with E-state index in [0.717, 1.165) is 18.5 Å². The van der Waals surface area contributed by atoms with Gasteiger partial charge in [-0.25, -0.2) is 13.8 Å². The first-order chi connectivity index (χ1) is 16.9. The van der Waals surface area contributed by atoms with E-state index < -0.39 is 18.0 Å². The Labute approximate surface area is 200 Å². The van der Waals surface area contributed by atoms with Gasteiger partial charge in [0.05, 0.1) is 43.2 Å². The molecular weight excluding hydrogens is 454 g/mol. The number of alkyl halides is 1. The van der Waals surface area contributed by atoms with Crippen molar-refractivity contribution in [2.45, 2.75) is 37.5 Å². The molecule has 0 spiro atoms. The summed E-state index contributed by atoms with van der Waals surface area (Å²) in [7, 11) is 1.47. The lowest BCUT2D eigenvalue weighted by atomic mass is 10.0. The van der Waals surface area contributed by atoms with Gasteiger partial charge in [-0.05, 0) is 31.0 Å². The summed E-state index contributed by atoms with van der Waals surface area (Å²) >= 11 is 0. The number of nitrogens with two attached hydrogens (primary N) is 1. The molecule has 3 aromatic rings. The SMILES string of the molecule is COc1cccc(F)c1-c1nccc2c1CN(c1cc(C3CC3)nc(N3C[C@@H](N)[C@H](F)C3)n1)C2=O. The van der Waals surface area contributed by atoms with Crippen LogP contribution in [0.1, 0.15) is 40.4 Å². The van der Waals surface area contributed by atoms with Crippen LogP contribution in [0.5, 0.6) is 5.75 Å². The fraction of sp³-hybridized carbons (Fsp3) is 0.360. The lowest BCUT2D eigenvalue weighted by Gasteiger charge is -2.21. The summed E-state index contributed by atoms with van der Waals surface area (Å²) in [5.41, 5.74) is 8.31. The van der Waals surface area contributed by atoms with E-state index in [1.54, 1.807) is 28.0 Å². The molecule has 3 aliphatic rings. The molecule has 1 aliphatic carbocycles. The number of rotatable bonds is 5. The summed E-state index contributed by atoms with van der Waals surface area (Å²) in [6.07, 6.45) is 2.36. The molecule has 2 aliphatic heterocycles. The second-order valence-electron chi connectivity index (χ2n) is 9.20. The van der Waals surface area contributed by atoms with E-state index in [1.165, 1.54) is 19.4 Å². The van der Waals surface area contributed by atoms with E-state index in [-0.39, 0.29) is 24.6 Å². The first kappa shape index (κ1) is 21.8. The van der Waals surface area contributed by atoms with Crippen molar-refractivity contribution < 1.29 is 18.3 Å². The number of benzene rings is 1. The van der Waals surface area contributed by atoms with Gasteiger partial charge in [-0.2, -0.15) is 4.98 Å². The Morgan fingerprint density at radius 2 is 2.00 bits per heavy atom. The standard InChI is InChI=1S/C25H24F2N6O2/c1-35-20-4-2-3-16(26)22(20)23-15-10-33(24(34)14(15)7-8-29-23)21-9-19(13-5-6-13)30-25(31-21)32-11-17(27)18(28)12-32/h2-4,7-9,13,17-18H,5-6,10-12,28H2,1H3/t17-,18-/m1/s1. The van der Waals surface area contributed by atoms with Gasteiger partial charge >= 0.3 is 0 Å². The third-order valence-corrected chi connectivity index (χ3v) is 6.85. The summed E-state index contributed by atoms with van der Waals surface area (Å²) in [4.78, 5) is 30.5. The van der Waals surface area contributed by atoms with E-state index in [4.69, 9.17) is 10.5 Å². The molecule has 1 aromatic carbocycles. The normalized spacial score (nSPS) is 21.5. The van der Waals surface area contributed by atoms with Crippen LogP contribution in [0.3, 0.4) is 0 Å². The summed E-state index contributed by atoms with van der Waals surface area (Å²) < 4.78 is 34.4. The number of carbonyl (C=O) groups is 1. The Bertz CT molecular complexity index is 1320. The molecule has 2 fully saturated rings. The molecular formula is C25H24F2N6O2. The molecule has 35 heavy (non-hydrogen) atoms. The highest BCUT2D eigenvalue weighted by atomic mass is 19.1. The van der Waals surface area contributed by atoms with Crippen LogP contribution in [0.2, 0.25) is 0 Å². The van der Waals surface area contributed by atoms with Gasteiger partial charge in [-0.15, -0.1) is 0 Å². The molecule has 2 aromatic heterocycles. The number of fused-ring (bicyclic) bond motifs is 1. The third kappa shape index (κ3) is 3.68. The zero-order valence-corrected chi connectivity index (χ0v) is 19.1. The Balaban J connectivity index is 1.41. The van der Waals surface area contributed by atoms with Gasteiger partial charge in [-0.3, -0.25) is 14.7 Å². The van der Waals surface area contributed by atoms with Crippen molar-refractivity contribution in [3.05, 3.63) is 59.2 Å². The quantitative estimate of drug-likeness (QED) is 0.601. The molecule has 0 radical (unpaired) electrons. The molecule has 4 heterocycles. The first-order valence-electron chi connectivity index (χ1n) is 11.6. The molecule has 1 saturated heterocycles. The van der Waals surface area contributed by atoms with Crippen LogP contribution in [-0.4, -0.2) is 53.3 Å². The second kappa shape index (κ2) is 8.23. The summed E-state index contributed by atoms with van der Waals surface area (Å²) in [6, 6.07) is 7.41. The summed E-state index contributed by atoms with van der Waals surface area (Å²) in [5, 5.41) is 0. The van der Waals surface area contributed by atoms with Crippen LogP contribution in [0, 0.1) is 5.82 Å². The van der Waals surface area contributed by atoms with Crippen molar-refractivity contribution in [3.63, 3.8) is 0 Å². The van der Waals surface area contributed by atoms with E-state index in [0.29, 0.717) is 46.8 Å². The lowest BCUT2D eigenvalue weighted by Crippen LogP contribution is -2.31. The number of aromatic nitrogens is 3. The molecule has 10 heteroatoms. The summed E-state index contributed by atoms with van der Waals surface area (Å²) in [6.45, 7) is 0.592. The maximum atomic E-state index is 14.9. The van der Waals surface area contributed by atoms with Crippen LogP contribution in [0.4, 0.5) is 20.5 Å². The van der Waals surface area contributed by atoms with E-state index in [2.05, 4.69) is 15.0 Å². The molecule has 8 nitrogen and oxygen atoms in total. The molecule has 6 rings (SSSR count). The lowest BCUT2D eigenvalue weighted by molar-refractivity contribution is 0.0996. The zero-order valence-electron chi connectivity index (χ0n) is 19.1. The van der Waals surface area contributed by atoms with E-state index >= 15 is 0 Å². The molecule has 1 amide bonds. The number of hydrogen-bond acceptors (Lipinski definition) is 7. The minimum absolute atomic E-state index is 0.115. The monoisotopic (exact) mass is 478 g/mol. The number of hydrogen-bond donors (Lipinski definition) is 1. The molecule has 2 N–H and O–H groups in total. The van der Waals surface area contributed by atoms with Gasteiger partial charge in [0.1, 0.15) is 23.6 Å². The van der Waals surface area contributed by atoms with Crippen molar-refractivity contribution in [1.82, 2.24) is 15.0 Å². The van der Waals surface area contributed by atoms with Gasteiger partial charge in [0.25, 0.3) is 5.91 Å². The number of halogens is 2. The number of ether oxygens (including phenoxy) is 1. The van der Waals surface area contributed by atoms with Crippen molar-refractivity contribution in [1.29, 1.82) is 0 Å². The molecule has 180 valence electrons. The largest absolute Gasteiger partial charge is 0.496 e. The van der Waals surface area contributed by atoms with Gasteiger partial charge in [0.15, 0.2) is 0 Å². The van der Waals surface area contributed by atoms with Crippen molar-refractivity contribution in [2.24, 2.45) is 5.73 Å². The van der Waals surface area contributed by atoms with E-state index in [1.807, 2.05) is 6.07 Å². The van der Waals surface area contributed by atoms with Crippen molar-refractivity contribution >= 4 is 17.7 Å². The highest BCUT2D eigenvalue weighted by molar-refractivity contribution is 6.10. The number of nitrogens with zero attached hydrogens (tertiary/aromatic N) is 5. The second-order valence-corrected chi connectivity index (χ2v) is 9.20. The fourth-order valence-corrected chi connectivity index (χ4v) is 4.79. The highest BCUT2D eigenvalue weighted by Crippen LogP contribution is 2.42.